The van der Waals surface area contributed by atoms with E-state index in [0.717, 1.165) is 0 Å². The summed E-state index contributed by atoms with van der Waals surface area (Å²) in [7, 11) is -0.508. The summed E-state index contributed by atoms with van der Waals surface area (Å²) in [6.07, 6.45) is 0. The second kappa shape index (κ2) is 4.66. The maximum absolute atomic E-state index is 5.30. The first kappa shape index (κ1) is 9.88. The Hall–Kier alpha value is -0.123. The highest BCUT2D eigenvalue weighted by Crippen LogP contribution is 2.05. The van der Waals surface area contributed by atoms with Crippen molar-refractivity contribution in [2.45, 2.75) is 26.4 Å². The van der Waals surface area contributed by atoms with E-state index in [-0.39, 0.29) is 5.60 Å². The van der Waals surface area contributed by atoms with Crippen molar-refractivity contribution in [2.75, 3.05) is 6.79 Å². The van der Waals surface area contributed by atoms with E-state index in [2.05, 4.69) is 6.58 Å². The summed E-state index contributed by atoms with van der Waals surface area (Å²) in [5.74, 6) is 0. The summed E-state index contributed by atoms with van der Waals surface area (Å²) in [6, 6.07) is 0. The monoisotopic (exact) mass is 160 g/mol. The lowest BCUT2D eigenvalue weighted by molar-refractivity contribution is -0.0748. The molecule has 0 heterocycles. The number of ether oxygens (including phenoxy) is 1. The second-order valence-electron chi connectivity index (χ2n) is 3.03. The van der Waals surface area contributed by atoms with E-state index in [1.165, 1.54) is 0 Å². The molecule has 0 fully saturated rings. The molecule has 0 aliphatic rings. The van der Waals surface area contributed by atoms with Crippen molar-refractivity contribution in [2.24, 2.45) is 0 Å². The van der Waals surface area contributed by atoms with Gasteiger partial charge in [-0.2, -0.15) is 0 Å². The summed E-state index contributed by atoms with van der Waals surface area (Å²) in [5, 5.41) is 0. The highest BCUT2D eigenvalue weighted by molar-refractivity contribution is 6.33. The molecule has 0 aliphatic carbocycles. The maximum atomic E-state index is 5.30. The SMILES string of the molecule is C=C[SiH2]OCOC(C)(C)C. The van der Waals surface area contributed by atoms with Gasteiger partial charge in [0.15, 0.2) is 9.76 Å². The number of hydrogen-bond donors (Lipinski definition) is 0. The molecule has 0 bridgehead atoms. The fourth-order valence-electron chi connectivity index (χ4n) is 0.350. The standard InChI is InChI=1S/C7H16O2Si/c1-5-10-9-6-8-7(2,3)4/h5H,1,6,10H2,2-4H3. The molecule has 3 heteroatoms. The first-order valence-electron chi connectivity index (χ1n) is 3.39. The van der Waals surface area contributed by atoms with Crippen LogP contribution in [0.2, 0.25) is 0 Å². The van der Waals surface area contributed by atoms with Crippen LogP contribution in [0, 0.1) is 0 Å². The highest BCUT2D eigenvalue weighted by Gasteiger charge is 2.08. The predicted molar refractivity (Wildman–Crippen MR) is 45.5 cm³/mol. The van der Waals surface area contributed by atoms with Crippen LogP contribution in [0.1, 0.15) is 20.8 Å². The molecule has 0 amide bonds. The Bertz CT molecular complexity index is 96.3. The van der Waals surface area contributed by atoms with Gasteiger partial charge in [0.2, 0.25) is 0 Å². The Morgan fingerprint density at radius 2 is 2.10 bits per heavy atom. The maximum Gasteiger partial charge on any atom is 0.187 e. The van der Waals surface area contributed by atoms with E-state index < -0.39 is 9.76 Å². The van der Waals surface area contributed by atoms with Crippen LogP contribution in [0.5, 0.6) is 0 Å². The molecular weight excluding hydrogens is 144 g/mol. The zero-order valence-electron chi connectivity index (χ0n) is 7.02. The summed E-state index contributed by atoms with van der Waals surface area (Å²) < 4.78 is 10.5. The van der Waals surface area contributed by atoms with Gasteiger partial charge in [-0.3, -0.25) is 0 Å². The third-order valence-electron chi connectivity index (χ3n) is 0.811. The van der Waals surface area contributed by atoms with Crippen LogP contribution in [0.15, 0.2) is 12.3 Å². The molecule has 0 saturated heterocycles. The van der Waals surface area contributed by atoms with Crippen LogP contribution >= 0.6 is 0 Å². The molecule has 0 aliphatic heterocycles. The molecule has 0 spiro atoms. The second-order valence-corrected chi connectivity index (χ2v) is 4.35. The molecule has 0 aromatic heterocycles. The molecule has 0 radical (unpaired) electrons. The van der Waals surface area contributed by atoms with Crippen LogP contribution in [-0.2, 0) is 9.16 Å². The Labute approximate surface area is 65.2 Å². The third-order valence-corrected chi connectivity index (χ3v) is 1.45. The van der Waals surface area contributed by atoms with Crippen molar-refractivity contribution in [3.63, 3.8) is 0 Å². The van der Waals surface area contributed by atoms with Crippen molar-refractivity contribution in [1.82, 2.24) is 0 Å². The largest absolute Gasteiger partial charge is 0.397 e. The van der Waals surface area contributed by atoms with Gasteiger partial charge in [0.1, 0.15) is 6.79 Å². The molecule has 0 rings (SSSR count). The van der Waals surface area contributed by atoms with Crippen LogP contribution in [0.3, 0.4) is 0 Å². The molecule has 0 aromatic carbocycles. The van der Waals surface area contributed by atoms with Gasteiger partial charge in [-0.25, -0.2) is 0 Å². The van der Waals surface area contributed by atoms with E-state index in [1.807, 2.05) is 26.5 Å². The topological polar surface area (TPSA) is 18.5 Å². The van der Waals surface area contributed by atoms with Crippen LogP contribution in [-0.4, -0.2) is 22.2 Å². The third kappa shape index (κ3) is 7.88. The minimum absolute atomic E-state index is 0.0877. The van der Waals surface area contributed by atoms with Crippen LogP contribution in [0.4, 0.5) is 0 Å². The summed E-state index contributed by atoms with van der Waals surface area (Å²) in [5.41, 5.74) is 1.75. The summed E-state index contributed by atoms with van der Waals surface area (Å²) in [6.45, 7) is 10.00. The first-order chi connectivity index (χ1) is 4.56. The first-order valence-corrected chi connectivity index (χ1v) is 4.78. The van der Waals surface area contributed by atoms with E-state index >= 15 is 0 Å². The molecular formula is C7H16O2Si. The lowest BCUT2D eigenvalue weighted by atomic mass is 10.2. The molecule has 0 unspecified atom stereocenters. The Balaban J connectivity index is 3.12. The van der Waals surface area contributed by atoms with Gasteiger partial charge in [-0.15, -0.1) is 6.58 Å². The predicted octanol–water partition coefficient (Wildman–Crippen LogP) is 1.00. The van der Waals surface area contributed by atoms with E-state index in [0.29, 0.717) is 6.79 Å². The fourth-order valence-corrected chi connectivity index (χ4v) is 0.696. The van der Waals surface area contributed by atoms with Gasteiger partial charge in [0.25, 0.3) is 0 Å². The van der Waals surface area contributed by atoms with Gasteiger partial charge < -0.3 is 9.16 Å². The minimum atomic E-state index is -0.508. The smallest absolute Gasteiger partial charge is 0.187 e. The fraction of sp³-hybridized carbons (Fsp3) is 0.714. The summed E-state index contributed by atoms with van der Waals surface area (Å²) in [4.78, 5) is 0. The summed E-state index contributed by atoms with van der Waals surface area (Å²) >= 11 is 0. The Morgan fingerprint density at radius 1 is 1.50 bits per heavy atom. The molecule has 0 saturated carbocycles. The van der Waals surface area contributed by atoms with E-state index in [4.69, 9.17) is 9.16 Å². The Kier molecular flexibility index (Phi) is 4.60. The van der Waals surface area contributed by atoms with E-state index in [1.54, 1.807) is 0 Å². The van der Waals surface area contributed by atoms with Gasteiger partial charge in [-0.1, -0.05) is 5.70 Å². The van der Waals surface area contributed by atoms with E-state index in [9.17, 15) is 0 Å². The molecule has 0 N–H and O–H groups in total. The molecule has 0 atom stereocenters. The van der Waals surface area contributed by atoms with Crippen LogP contribution in [0.25, 0.3) is 0 Å². The van der Waals surface area contributed by atoms with Crippen LogP contribution < -0.4 is 0 Å². The number of hydrogen-bond acceptors (Lipinski definition) is 2. The van der Waals surface area contributed by atoms with Crippen molar-refractivity contribution >= 4 is 9.76 Å². The zero-order chi connectivity index (χ0) is 8.04. The molecule has 0 aromatic rings. The molecule has 2 nitrogen and oxygen atoms in total. The zero-order valence-corrected chi connectivity index (χ0v) is 8.43. The van der Waals surface area contributed by atoms with Crippen molar-refractivity contribution in [3.05, 3.63) is 12.3 Å². The highest BCUT2D eigenvalue weighted by atomic mass is 28.2. The minimum Gasteiger partial charge on any atom is -0.397 e. The molecule has 60 valence electrons. The molecule has 10 heavy (non-hydrogen) atoms. The van der Waals surface area contributed by atoms with Gasteiger partial charge in [0, 0.05) is 0 Å². The normalized spacial score (nSPS) is 12.7. The van der Waals surface area contributed by atoms with Crippen molar-refractivity contribution in [1.29, 1.82) is 0 Å². The lowest BCUT2D eigenvalue weighted by Crippen LogP contribution is -2.21. The van der Waals surface area contributed by atoms with Crippen molar-refractivity contribution < 1.29 is 9.16 Å². The van der Waals surface area contributed by atoms with Crippen molar-refractivity contribution in [3.8, 4) is 0 Å². The number of rotatable bonds is 4. The quantitative estimate of drug-likeness (QED) is 0.347. The average Bonchev–Trinajstić information content (AvgIpc) is 1.78. The average molecular weight is 160 g/mol. The van der Waals surface area contributed by atoms with Gasteiger partial charge in [0.05, 0.1) is 5.60 Å². The van der Waals surface area contributed by atoms with Gasteiger partial charge >= 0.3 is 0 Å². The Morgan fingerprint density at radius 3 is 2.50 bits per heavy atom. The lowest BCUT2D eigenvalue weighted by Gasteiger charge is -2.18. The van der Waals surface area contributed by atoms with Gasteiger partial charge in [-0.05, 0) is 20.8 Å².